The van der Waals surface area contributed by atoms with Gasteiger partial charge < -0.3 is 10.6 Å². The molecule has 0 saturated carbocycles. The SMILES string of the molecule is CC(=O)N/C(=C/c1cccc([N+](=O)[O-])c1)C(=O)Nc1ccc(F)cc1. The number of amides is 2. The van der Waals surface area contributed by atoms with Crippen molar-refractivity contribution in [2.45, 2.75) is 6.92 Å². The van der Waals surface area contributed by atoms with Crippen LogP contribution in [0.25, 0.3) is 6.08 Å². The first-order valence-electron chi connectivity index (χ1n) is 7.16. The van der Waals surface area contributed by atoms with Crippen LogP contribution in [0.1, 0.15) is 12.5 Å². The standard InChI is InChI=1S/C17H14FN3O4/c1-11(22)19-16(10-12-3-2-4-15(9-12)21(24)25)17(23)20-14-7-5-13(18)6-8-14/h2-10H,1H3,(H,19,22)(H,20,23)/b16-10+. The molecule has 0 saturated heterocycles. The van der Waals surface area contributed by atoms with E-state index in [0.29, 0.717) is 11.3 Å². The van der Waals surface area contributed by atoms with Gasteiger partial charge in [0.15, 0.2) is 0 Å². The average Bonchev–Trinajstić information content (AvgIpc) is 2.56. The highest BCUT2D eigenvalue weighted by Crippen LogP contribution is 2.16. The normalized spacial score (nSPS) is 10.9. The summed E-state index contributed by atoms with van der Waals surface area (Å²) in [6, 6.07) is 10.7. The van der Waals surface area contributed by atoms with Crippen molar-refractivity contribution in [3.05, 3.63) is 75.7 Å². The third-order valence-corrected chi connectivity index (χ3v) is 3.05. The number of nitrogens with zero attached hydrogens (tertiary/aromatic N) is 1. The molecule has 0 aromatic heterocycles. The molecule has 0 aliphatic heterocycles. The fourth-order valence-corrected chi connectivity index (χ4v) is 1.97. The summed E-state index contributed by atoms with van der Waals surface area (Å²) in [5, 5.41) is 15.7. The maximum absolute atomic E-state index is 12.9. The number of non-ortho nitro benzene ring substituents is 1. The second-order valence-corrected chi connectivity index (χ2v) is 5.05. The summed E-state index contributed by atoms with van der Waals surface area (Å²) < 4.78 is 12.9. The minimum absolute atomic E-state index is 0.0997. The first-order chi connectivity index (χ1) is 11.8. The lowest BCUT2D eigenvalue weighted by Crippen LogP contribution is -2.28. The predicted octanol–water partition coefficient (Wildman–Crippen LogP) is 2.85. The Morgan fingerprint density at radius 2 is 1.84 bits per heavy atom. The summed E-state index contributed by atoms with van der Waals surface area (Å²) in [5.74, 6) is -1.58. The Kier molecular flexibility index (Phi) is 5.57. The van der Waals surface area contributed by atoms with E-state index in [1.807, 2.05) is 0 Å². The molecule has 0 atom stereocenters. The van der Waals surface area contributed by atoms with Crippen LogP contribution in [0.5, 0.6) is 0 Å². The predicted molar refractivity (Wildman–Crippen MR) is 89.9 cm³/mol. The van der Waals surface area contributed by atoms with E-state index in [2.05, 4.69) is 10.6 Å². The van der Waals surface area contributed by atoms with Gasteiger partial charge in [-0.25, -0.2) is 4.39 Å². The highest BCUT2D eigenvalue weighted by atomic mass is 19.1. The van der Waals surface area contributed by atoms with Crippen LogP contribution in [-0.2, 0) is 9.59 Å². The van der Waals surface area contributed by atoms with E-state index < -0.39 is 22.6 Å². The molecular weight excluding hydrogens is 329 g/mol. The smallest absolute Gasteiger partial charge is 0.272 e. The van der Waals surface area contributed by atoms with Gasteiger partial charge in [0.25, 0.3) is 11.6 Å². The van der Waals surface area contributed by atoms with Crippen molar-refractivity contribution < 1.29 is 18.9 Å². The molecule has 128 valence electrons. The van der Waals surface area contributed by atoms with Gasteiger partial charge in [0, 0.05) is 24.7 Å². The summed E-state index contributed by atoms with van der Waals surface area (Å²) in [4.78, 5) is 33.9. The van der Waals surface area contributed by atoms with E-state index in [4.69, 9.17) is 0 Å². The van der Waals surface area contributed by atoms with E-state index in [1.165, 1.54) is 55.5 Å². The molecule has 0 radical (unpaired) electrons. The summed E-state index contributed by atoms with van der Waals surface area (Å²) in [7, 11) is 0. The Balaban J connectivity index is 2.29. The maximum atomic E-state index is 12.9. The minimum Gasteiger partial charge on any atom is -0.322 e. The highest BCUT2D eigenvalue weighted by molar-refractivity contribution is 6.08. The van der Waals surface area contributed by atoms with Gasteiger partial charge >= 0.3 is 0 Å². The number of benzene rings is 2. The van der Waals surface area contributed by atoms with E-state index >= 15 is 0 Å². The van der Waals surface area contributed by atoms with Crippen LogP contribution in [0.4, 0.5) is 15.8 Å². The van der Waals surface area contributed by atoms with E-state index in [-0.39, 0.29) is 11.4 Å². The Morgan fingerprint density at radius 1 is 1.16 bits per heavy atom. The number of nitro groups is 1. The lowest BCUT2D eigenvalue weighted by atomic mass is 10.1. The molecule has 0 aliphatic carbocycles. The first-order valence-corrected chi connectivity index (χ1v) is 7.16. The number of rotatable bonds is 5. The molecular formula is C17H14FN3O4. The zero-order chi connectivity index (χ0) is 18.4. The lowest BCUT2D eigenvalue weighted by molar-refractivity contribution is -0.384. The van der Waals surface area contributed by atoms with E-state index in [1.54, 1.807) is 6.07 Å². The van der Waals surface area contributed by atoms with Gasteiger partial charge in [-0.1, -0.05) is 12.1 Å². The number of nitrogens with one attached hydrogen (secondary N) is 2. The third-order valence-electron chi connectivity index (χ3n) is 3.05. The van der Waals surface area contributed by atoms with Crippen molar-refractivity contribution in [3.63, 3.8) is 0 Å². The molecule has 0 aliphatic rings. The van der Waals surface area contributed by atoms with Crippen LogP contribution in [0.15, 0.2) is 54.2 Å². The molecule has 2 amide bonds. The molecule has 0 spiro atoms. The quantitative estimate of drug-likeness (QED) is 0.495. The van der Waals surface area contributed by atoms with Crippen molar-refractivity contribution in [1.29, 1.82) is 0 Å². The van der Waals surface area contributed by atoms with Gasteiger partial charge in [0.2, 0.25) is 5.91 Å². The summed E-state index contributed by atoms with van der Waals surface area (Å²) in [6.45, 7) is 1.23. The highest BCUT2D eigenvalue weighted by Gasteiger charge is 2.13. The van der Waals surface area contributed by atoms with Crippen LogP contribution in [-0.4, -0.2) is 16.7 Å². The van der Waals surface area contributed by atoms with Gasteiger partial charge in [-0.2, -0.15) is 0 Å². The molecule has 2 rings (SSSR count). The van der Waals surface area contributed by atoms with Gasteiger partial charge in [-0.05, 0) is 35.9 Å². The zero-order valence-electron chi connectivity index (χ0n) is 13.2. The molecule has 2 aromatic rings. The Bertz CT molecular complexity index is 847. The molecule has 0 bridgehead atoms. The number of halogens is 1. The lowest BCUT2D eigenvalue weighted by Gasteiger charge is -2.10. The molecule has 0 fully saturated rings. The molecule has 0 heterocycles. The molecule has 2 N–H and O–H groups in total. The van der Waals surface area contributed by atoms with Crippen molar-refractivity contribution in [1.82, 2.24) is 5.32 Å². The second kappa shape index (κ2) is 7.82. The Labute approximate surface area is 142 Å². The number of carbonyl (C=O) groups is 2. The fraction of sp³-hybridized carbons (Fsp3) is 0.0588. The van der Waals surface area contributed by atoms with Gasteiger partial charge in [0.1, 0.15) is 11.5 Å². The number of carbonyl (C=O) groups excluding carboxylic acids is 2. The second-order valence-electron chi connectivity index (χ2n) is 5.05. The molecule has 25 heavy (non-hydrogen) atoms. The van der Waals surface area contributed by atoms with Crippen molar-refractivity contribution in [3.8, 4) is 0 Å². The summed E-state index contributed by atoms with van der Waals surface area (Å²) in [5.41, 5.74) is 0.459. The van der Waals surface area contributed by atoms with Crippen LogP contribution >= 0.6 is 0 Å². The summed E-state index contributed by atoms with van der Waals surface area (Å²) in [6.07, 6.45) is 1.31. The summed E-state index contributed by atoms with van der Waals surface area (Å²) >= 11 is 0. The van der Waals surface area contributed by atoms with Crippen LogP contribution in [0.3, 0.4) is 0 Å². The van der Waals surface area contributed by atoms with Crippen LogP contribution < -0.4 is 10.6 Å². The largest absolute Gasteiger partial charge is 0.322 e. The number of hydrogen-bond donors (Lipinski definition) is 2. The number of hydrogen-bond acceptors (Lipinski definition) is 4. The van der Waals surface area contributed by atoms with E-state index in [0.717, 1.165) is 0 Å². The average molecular weight is 343 g/mol. The van der Waals surface area contributed by atoms with Crippen molar-refractivity contribution in [2.75, 3.05) is 5.32 Å². The molecule has 0 unspecified atom stereocenters. The van der Waals surface area contributed by atoms with Crippen LogP contribution in [0.2, 0.25) is 0 Å². The molecule has 7 nitrogen and oxygen atoms in total. The maximum Gasteiger partial charge on any atom is 0.272 e. The van der Waals surface area contributed by atoms with E-state index in [9.17, 15) is 24.1 Å². The van der Waals surface area contributed by atoms with Crippen molar-refractivity contribution in [2.24, 2.45) is 0 Å². The monoisotopic (exact) mass is 343 g/mol. The first kappa shape index (κ1) is 17.8. The molecule has 2 aromatic carbocycles. The Morgan fingerprint density at radius 3 is 2.44 bits per heavy atom. The fourth-order valence-electron chi connectivity index (χ4n) is 1.97. The zero-order valence-corrected chi connectivity index (χ0v) is 13.2. The van der Waals surface area contributed by atoms with Crippen molar-refractivity contribution >= 4 is 29.3 Å². The Hall–Kier alpha value is -3.55. The number of anilines is 1. The van der Waals surface area contributed by atoms with Gasteiger partial charge in [-0.15, -0.1) is 0 Å². The minimum atomic E-state index is -0.645. The topological polar surface area (TPSA) is 101 Å². The third kappa shape index (κ3) is 5.24. The van der Waals surface area contributed by atoms with Gasteiger partial charge in [-0.3, -0.25) is 19.7 Å². The molecule has 8 heteroatoms. The number of nitro benzene ring substituents is 1. The van der Waals surface area contributed by atoms with Crippen LogP contribution in [0, 0.1) is 15.9 Å². The van der Waals surface area contributed by atoms with Gasteiger partial charge in [0.05, 0.1) is 4.92 Å².